The minimum Gasteiger partial charge on any atom is -0.487 e. The van der Waals surface area contributed by atoms with Gasteiger partial charge in [-0.3, -0.25) is 4.79 Å². The maximum atomic E-state index is 12.3. The van der Waals surface area contributed by atoms with Gasteiger partial charge < -0.3 is 15.4 Å². The van der Waals surface area contributed by atoms with Crippen LogP contribution in [0.5, 0.6) is 5.75 Å². The number of amides is 1. The fourth-order valence-corrected chi connectivity index (χ4v) is 3.07. The molecule has 4 heteroatoms. The molecule has 0 aliphatic carbocycles. The van der Waals surface area contributed by atoms with Gasteiger partial charge in [-0.2, -0.15) is 0 Å². The number of carbonyl (C=O) groups is 1. The summed E-state index contributed by atoms with van der Waals surface area (Å²) >= 11 is 0. The highest BCUT2D eigenvalue weighted by molar-refractivity contribution is 5.92. The fourth-order valence-electron chi connectivity index (χ4n) is 3.07. The third kappa shape index (κ3) is 4.88. The van der Waals surface area contributed by atoms with E-state index < -0.39 is 0 Å². The largest absolute Gasteiger partial charge is 0.487 e. The molecular weight excluding hydrogens is 288 g/mol. The molecule has 0 spiro atoms. The molecule has 2 unspecified atom stereocenters. The van der Waals surface area contributed by atoms with Crippen LogP contribution in [0.4, 0.5) is 5.69 Å². The molecule has 2 N–H and O–H groups in total. The highest BCUT2D eigenvalue weighted by Crippen LogP contribution is 2.24. The zero-order valence-corrected chi connectivity index (χ0v) is 14.0. The van der Waals surface area contributed by atoms with Gasteiger partial charge in [0, 0.05) is 19.2 Å². The van der Waals surface area contributed by atoms with Gasteiger partial charge in [0.05, 0.1) is 5.69 Å². The van der Waals surface area contributed by atoms with Gasteiger partial charge in [0.2, 0.25) is 5.91 Å². The summed E-state index contributed by atoms with van der Waals surface area (Å²) in [6, 6.07) is 5.51. The molecule has 0 aromatic heterocycles. The highest BCUT2D eigenvalue weighted by Gasteiger charge is 2.23. The van der Waals surface area contributed by atoms with E-state index in [4.69, 9.17) is 10.5 Å². The minimum absolute atomic E-state index is 0.0638. The van der Waals surface area contributed by atoms with Crippen molar-refractivity contribution in [1.29, 1.82) is 0 Å². The molecule has 2 rings (SSSR count). The number of hydrogen-bond donors (Lipinski definition) is 1. The smallest absolute Gasteiger partial charge is 0.246 e. The molecule has 1 aliphatic rings. The topological polar surface area (TPSA) is 55.6 Å². The molecule has 1 aliphatic heterocycles. The Morgan fingerprint density at radius 1 is 1.39 bits per heavy atom. The van der Waals surface area contributed by atoms with E-state index in [-0.39, 0.29) is 5.91 Å². The number of nitrogens with two attached hydrogens (primary N) is 1. The van der Waals surface area contributed by atoms with Gasteiger partial charge in [0.1, 0.15) is 12.4 Å². The lowest BCUT2D eigenvalue weighted by atomic mass is 9.92. The Hall–Kier alpha value is -2.23. The molecule has 1 aromatic rings. The molecule has 0 saturated carbocycles. The van der Waals surface area contributed by atoms with Crippen LogP contribution in [0, 0.1) is 11.8 Å². The Kier molecular flexibility index (Phi) is 5.85. The van der Waals surface area contributed by atoms with Crippen molar-refractivity contribution in [3.63, 3.8) is 0 Å². The lowest BCUT2D eigenvalue weighted by molar-refractivity contribution is -0.128. The van der Waals surface area contributed by atoms with Crippen LogP contribution in [-0.4, -0.2) is 30.5 Å². The summed E-state index contributed by atoms with van der Waals surface area (Å²) in [7, 11) is 0. The molecule has 1 saturated heterocycles. The van der Waals surface area contributed by atoms with Crippen molar-refractivity contribution in [3.8, 4) is 5.75 Å². The molecule has 23 heavy (non-hydrogen) atoms. The maximum absolute atomic E-state index is 12.3. The van der Waals surface area contributed by atoms with Crippen LogP contribution < -0.4 is 10.5 Å². The molecular formula is C19H26N2O2. The summed E-state index contributed by atoms with van der Waals surface area (Å²) in [5.74, 6) is 1.82. The Morgan fingerprint density at radius 3 is 2.70 bits per heavy atom. The normalized spacial score (nSPS) is 21.4. The summed E-state index contributed by atoms with van der Waals surface area (Å²) < 4.78 is 5.44. The van der Waals surface area contributed by atoms with Crippen molar-refractivity contribution in [2.75, 3.05) is 25.4 Å². The van der Waals surface area contributed by atoms with E-state index in [1.807, 2.05) is 23.1 Å². The summed E-state index contributed by atoms with van der Waals surface area (Å²) in [4.78, 5) is 14.3. The molecule has 1 heterocycles. The summed E-state index contributed by atoms with van der Waals surface area (Å²) in [6.07, 6.45) is 6.30. The molecule has 0 bridgehead atoms. The van der Waals surface area contributed by atoms with Gasteiger partial charge >= 0.3 is 0 Å². The van der Waals surface area contributed by atoms with E-state index in [0.717, 1.165) is 18.7 Å². The molecule has 4 nitrogen and oxygen atoms in total. The zero-order chi connectivity index (χ0) is 16.8. The monoisotopic (exact) mass is 314 g/mol. The number of carbonyl (C=O) groups excluding carboxylic acids is 1. The second kappa shape index (κ2) is 7.86. The SMILES string of the molecule is C=CCOc1ccc(/C=C\C(=O)N2CC(C)CC(C)C2)cc1N. The minimum atomic E-state index is 0.0638. The van der Waals surface area contributed by atoms with E-state index in [9.17, 15) is 4.79 Å². The Morgan fingerprint density at radius 2 is 2.09 bits per heavy atom. The lowest BCUT2D eigenvalue weighted by Gasteiger charge is -2.34. The second-order valence-corrected chi connectivity index (χ2v) is 6.42. The molecule has 0 radical (unpaired) electrons. The fraction of sp³-hybridized carbons (Fsp3) is 0.421. The van der Waals surface area contributed by atoms with Crippen LogP contribution in [0.15, 0.2) is 36.9 Å². The first-order valence-electron chi connectivity index (χ1n) is 8.09. The first kappa shape index (κ1) is 17.1. The first-order valence-corrected chi connectivity index (χ1v) is 8.09. The van der Waals surface area contributed by atoms with Gasteiger partial charge in [-0.15, -0.1) is 0 Å². The van der Waals surface area contributed by atoms with E-state index >= 15 is 0 Å². The number of nitrogen functional groups attached to an aromatic ring is 1. The number of benzene rings is 1. The van der Waals surface area contributed by atoms with Crippen molar-refractivity contribution in [3.05, 3.63) is 42.5 Å². The van der Waals surface area contributed by atoms with E-state index in [1.54, 1.807) is 18.2 Å². The first-order chi connectivity index (χ1) is 11.0. The highest BCUT2D eigenvalue weighted by atomic mass is 16.5. The van der Waals surface area contributed by atoms with Gasteiger partial charge in [-0.25, -0.2) is 0 Å². The van der Waals surface area contributed by atoms with Crippen LogP contribution in [0.25, 0.3) is 6.08 Å². The van der Waals surface area contributed by atoms with Crippen molar-refractivity contribution < 1.29 is 9.53 Å². The Balaban J connectivity index is 2.00. The Bertz CT molecular complexity index is 585. The average Bonchev–Trinajstić information content (AvgIpc) is 2.50. The molecule has 2 atom stereocenters. The zero-order valence-electron chi connectivity index (χ0n) is 14.0. The summed E-state index contributed by atoms with van der Waals surface area (Å²) in [5, 5.41) is 0. The second-order valence-electron chi connectivity index (χ2n) is 6.42. The number of anilines is 1. The number of ether oxygens (including phenoxy) is 1. The van der Waals surface area contributed by atoms with Crippen molar-refractivity contribution in [1.82, 2.24) is 4.90 Å². The number of likely N-dealkylation sites (tertiary alicyclic amines) is 1. The quantitative estimate of drug-likeness (QED) is 0.515. The average molecular weight is 314 g/mol. The van der Waals surface area contributed by atoms with Crippen molar-refractivity contribution in [2.45, 2.75) is 20.3 Å². The molecule has 1 aromatic carbocycles. The van der Waals surface area contributed by atoms with Crippen LogP contribution in [0.1, 0.15) is 25.8 Å². The molecule has 124 valence electrons. The van der Waals surface area contributed by atoms with Crippen molar-refractivity contribution >= 4 is 17.7 Å². The number of nitrogens with zero attached hydrogens (tertiary/aromatic N) is 1. The maximum Gasteiger partial charge on any atom is 0.246 e. The van der Waals surface area contributed by atoms with E-state index in [2.05, 4.69) is 20.4 Å². The van der Waals surface area contributed by atoms with Gasteiger partial charge in [0.25, 0.3) is 0 Å². The molecule has 1 fully saturated rings. The summed E-state index contributed by atoms with van der Waals surface area (Å²) in [5.41, 5.74) is 7.41. The van der Waals surface area contributed by atoms with Gasteiger partial charge in [-0.05, 0) is 42.0 Å². The third-order valence-corrected chi connectivity index (χ3v) is 3.99. The number of hydrogen-bond acceptors (Lipinski definition) is 3. The number of piperidine rings is 1. The van der Waals surface area contributed by atoms with E-state index in [0.29, 0.717) is 29.9 Å². The van der Waals surface area contributed by atoms with Crippen LogP contribution in [-0.2, 0) is 4.79 Å². The van der Waals surface area contributed by atoms with Crippen LogP contribution in [0.3, 0.4) is 0 Å². The molecule has 1 amide bonds. The third-order valence-electron chi connectivity index (χ3n) is 3.99. The lowest BCUT2D eigenvalue weighted by Crippen LogP contribution is -2.41. The van der Waals surface area contributed by atoms with E-state index in [1.165, 1.54) is 6.42 Å². The number of rotatable bonds is 5. The predicted octanol–water partition coefficient (Wildman–Crippen LogP) is 3.35. The van der Waals surface area contributed by atoms with Crippen molar-refractivity contribution in [2.24, 2.45) is 11.8 Å². The van der Waals surface area contributed by atoms with Gasteiger partial charge in [-0.1, -0.05) is 32.6 Å². The summed E-state index contributed by atoms with van der Waals surface area (Å²) in [6.45, 7) is 10.1. The predicted molar refractivity (Wildman–Crippen MR) is 95.1 cm³/mol. The Labute approximate surface area is 138 Å². The van der Waals surface area contributed by atoms with Gasteiger partial charge in [0.15, 0.2) is 0 Å². The van der Waals surface area contributed by atoms with Crippen LogP contribution in [0.2, 0.25) is 0 Å². The van der Waals surface area contributed by atoms with Crippen LogP contribution >= 0.6 is 0 Å². The standard InChI is InChI=1S/C19H26N2O2/c1-4-9-23-18-7-5-16(11-17(18)20)6-8-19(22)21-12-14(2)10-15(3)13-21/h4-8,11,14-15H,1,9-10,12-13,20H2,2-3H3/b8-6-.